The van der Waals surface area contributed by atoms with Gasteiger partial charge in [0.25, 0.3) is 0 Å². The summed E-state index contributed by atoms with van der Waals surface area (Å²) >= 11 is 0. The van der Waals surface area contributed by atoms with Crippen LogP contribution in [-0.4, -0.2) is 19.9 Å². The molecule has 84 valence electrons. The Bertz CT molecular complexity index is 517. The van der Waals surface area contributed by atoms with Gasteiger partial charge >= 0.3 is 0 Å². The Morgan fingerprint density at radius 1 is 1.25 bits per heavy atom. The van der Waals surface area contributed by atoms with Crippen LogP contribution in [0.25, 0.3) is 5.69 Å². The summed E-state index contributed by atoms with van der Waals surface area (Å²) in [6.07, 6.45) is 0. The van der Waals surface area contributed by atoms with Gasteiger partial charge in [-0.3, -0.25) is 0 Å². The molecule has 0 fully saturated rings. The standard InChI is InChI=1S/C12H15N3O/c1-8-4-5-12(11(6-8)7-16)15-10(3)13-9(2)14-15/h4-6,16H,7H2,1-3H3. The summed E-state index contributed by atoms with van der Waals surface area (Å²) in [4.78, 5) is 4.26. The fourth-order valence-corrected chi connectivity index (χ4v) is 1.80. The molecule has 4 heteroatoms. The van der Waals surface area contributed by atoms with Crippen LogP contribution in [0.2, 0.25) is 0 Å². The maximum Gasteiger partial charge on any atom is 0.148 e. The van der Waals surface area contributed by atoms with E-state index >= 15 is 0 Å². The van der Waals surface area contributed by atoms with E-state index in [9.17, 15) is 5.11 Å². The molecule has 0 bridgehead atoms. The van der Waals surface area contributed by atoms with Gasteiger partial charge in [0.2, 0.25) is 0 Å². The molecule has 2 aromatic rings. The number of benzene rings is 1. The van der Waals surface area contributed by atoms with Crippen LogP contribution in [-0.2, 0) is 6.61 Å². The van der Waals surface area contributed by atoms with E-state index in [4.69, 9.17) is 0 Å². The first kappa shape index (κ1) is 10.8. The maximum absolute atomic E-state index is 9.34. The van der Waals surface area contributed by atoms with Crippen LogP contribution in [0.15, 0.2) is 18.2 Å². The molecule has 16 heavy (non-hydrogen) atoms. The predicted molar refractivity (Wildman–Crippen MR) is 61.5 cm³/mol. The zero-order chi connectivity index (χ0) is 11.7. The molecule has 0 spiro atoms. The topological polar surface area (TPSA) is 50.9 Å². The Kier molecular flexibility index (Phi) is 2.75. The molecule has 0 unspecified atom stereocenters. The Labute approximate surface area is 94.6 Å². The smallest absolute Gasteiger partial charge is 0.148 e. The summed E-state index contributed by atoms with van der Waals surface area (Å²) in [5.41, 5.74) is 2.89. The number of hydrogen-bond acceptors (Lipinski definition) is 3. The molecule has 1 N–H and O–H groups in total. The van der Waals surface area contributed by atoms with E-state index in [0.717, 1.165) is 28.5 Å². The van der Waals surface area contributed by atoms with Crippen LogP contribution in [0.5, 0.6) is 0 Å². The zero-order valence-corrected chi connectivity index (χ0v) is 9.73. The van der Waals surface area contributed by atoms with Crippen LogP contribution in [0.4, 0.5) is 0 Å². The fourth-order valence-electron chi connectivity index (χ4n) is 1.80. The highest BCUT2D eigenvalue weighted by molar-refractivity contribution is 5.42. The lowest BCUT2D eigenvalue weighted by molar-refractivity contribution is 0.281. The van der Waals surface area contributed by atoms with E-state index in [1.165, 1.54) is 0 Å². The fraction of sp³-hybridized carbons (Fsp3) is 0.333. The van der Waals surface area contributed by atoms with Gasteiger partial charge < -0.3 is 5.11 Å². The second kappa shape index (κ2) is 4.06. The van der Waals surface area contributed by atoms with E-state index < -0.39 is 0 Å². The van der Waals surface area contributed by atoms with Crippen LogP contribution in [0, 0.1) is 20.8 Å². The molecule has 0 aliphatic rings. The minimum atomic E-state index is 0.00929. The Balaban J connectivity index is 2.59. The van der Waals surface area contributed by atoms with Crippen molar-refractivity contribution in [2.45, 2.75) is 27.4 Å². The minimum absolute atomic E-state index is 0.00929. The van der Waals surface area contributed by atoms with Crippen molar-refractivity contribution in [2.75, 3.05) is 0 Å². The quantitative estimate of drug-likeness (QED) is 0.832. The van der Waals surface area contributed by atoms with Gasteiger partial charge in [0.15, 0.2) is 0 Å². The highest BCUT2D eigenvalue weighted by Gasteiger charge is 2.09. The van der Waals surface area contributed by atoms with E-state index in [1.54, 1.807) is 4.68 Å². The maximum atomic E-state index is 9.34. The second-order valence-corrected chi connectivity index (χ2v) is 3.91. The Morgan fingerprint density at radius 3 is 2.56 bits per heavy atom. The number of nitrogens with zero attached hydrogens (tertiary/aromatic N) is 3. The number of aliphatic hydroxyl groups is 1. The normalized spacial score (nSPS) is 10.8. The highest BCUT2D eigenvalue weighted by atomic mass is 16.3. The first-order valence-electron chi connectivity index (χ1n) is 5.23. The van der Waals surface area contributed by atoms with Gasteiger partial charge in [0.05, 0.1) is 12.3 Å². The largest absolute Gasteiger partial charge is 0.392 e. The average molecular weight is 217 g/mol. The number of hydrogen-bond donors (Lipinski definition) is 1. The van der Waals surface area contributed by atoms with Crippen LogP contribution < -0.4 is 0 Å². The molecule has 0 amide bonds. The molecule has 1 aromatic heterocycles. The Morgan fingerprint density at radius 2 is 2.00 bits per heavy atom. The van der Waals surface area contributed by atoms with Crippen molar-refractivity contribution in [1.82, 2.24) is 14.8 Å². The van der Waals surface area contributed by atoms with Gasteiger partial charge in [-0.25, -0.2) is 9.67 Å². The van der Waals surface area contributed by atoms with Crippen molar-refractivity contribution in [3.63, 3.8) is 0 Å². The summed E-state index contributed by atoms with van der Waals surface area (Å²) in [5.74, 6) is 1.57. The molecular formula is C12H15N3O. The molecule has 1 heterocycles. The lowest BCUT2D eigenvalue weighted by atomic mass is 10.1. The van der Waals surface area contributed by atoms with Gasteiger partial charge in [0.1, 0.15) is 11.6 Å². The molecule has 0 atom stereocenters. The number of aromatic nitrogens is 3. The van der Waals surface area contributed by atoms with Crippen LogP contribution in [0.3, 0.4) is 0 Å². The van der Waals surface area contributed by atoms with E-state index in [1.807, 2.05) is 39.0 Å². The third-order valence-electron chi connectivity index (χ3n) is 2.51. The molecule has 1 aromatic carbocycles. The highest BCUT2D eigenvalue weighted by Crippen LogP contribution is 2.17. The van der Waals surface area contributed by atoms with Gasteiger partial charge in [-0.15, -0.1) is 0 Å². The first-order valence-corrected chi connectivity index (χ1v) is 5.23. The lowest BCUT2D eigenvalue weighted by Gasteiger charge is -2.09. The van der Waals surface area contributed by atoms with Gasteiger partial charge in [-0.05, 0) is 26.8 Å². The summed E-state index contributed by atoms with van der Waals surface area (Å²) in [6.45, 7) is 5.77. The summed E-state index contributed by atoms with van der Waals surface area (Å²) in [7, 11) is 0. The monoisotopic (exact) mass is 217 g/mol. The summed E-state index contributed by atoms with van der Waals surface area (Å²) < 4.78 is 1.76. The molecule has 0 aliphatic heterocycles. The SMILES string of the molecule is Cc1ccc(-n2nc(C)nc2C)c(CO)c1. The number of aliphatic hydroxyl groups excluding tert-OH is 1. The van der Waals surface area contributed by atoms with E-state index in [0.29, 0.717) is 0 Å². The molecule has 2 rings (SSSR count). The first-order chi connectivity index (χ1) is 7.61. The van der Waals surface area contributed by atoms with E-state index in [-0.39, 0.29) is 6.61 Å². The Hall–Kier alpha value is -1.68. The molecule has 4 nitrogen and oxygen atoms in total. The average Bonchev–Trinajstić information content (AvgIpc) is 2.57. The van der Waals surface area contributed by atoms with Crippen molar-refractivity contribution < 1.29 is 5.11 Å². The van der Waals surface area contributed by atoms with Crippen molar-refractivity contribution in [3.8, 4) is 5.69 Å². The molecule has 0 aliphatic carbocycles. The molecule has 0 saturated carbocycles. The molecule has 0 radical (unpaired) electrons. The van der Waals surface area contributed by atoms with Gasteiger partial charge in [-0.2, -0.15) is 5.10 Å². The number of rotatable bonds is 2. The zero-order valence-electron chi connectivity index (χ0n) is 9.73. The second-order valence-electron chi connectivity index (χ2n) is 3.91. The minimum Gasteiger partial charge on any atom is -0.392 e. The van der Waals surface area contributed by atoms with Crippen LogP contribution in [0.1, 0.15) is 22.8 Å². The third-order valence-corrected chi connectivity index (χ3v) is 2.51. The number of aryl methyl sites for hydroxylation is 3. The third kappa shape index (κ3) is 1.84. The van der Waals surface area contributed by atoms with Crippen molar-refractivity contribution in [2.24, 2.45) is 0 Å². The summed E-state index contributed by atoms with van der Waals surface area (Å²) in [5, 5.41) is 13.7. The van der Waals surface area contributed by atoms with Gasteiger partial charge in [-0.1, -0.05) is 17.7 Å². The van der Waals surface area contributed by atoms with Crippen molar-refractivity contribution in [3.05, 3.63) is 41.0 Å². The van der Waals surface area contributed by atoms with Crippen molar-refractivity contribution in [1.29, 1.82) is 0 Å². The van der Waals surface area contributed by atoms with E-state index in [2.05, 4.69) is 10.1 Å². The van der Waals surface area contributed by atoms with Gasteiger partial charge in [0, 0.05) is 5.56 Å². The molecular weight excluding hydrogens is 202 g/mol. The van der Waals surface area contributed by atoms with Crippen molar-refractivity contribution >= 4 is 0 Å². The lowest BCUT2D eigenvalue weighted by Crippen LogP contribution is -2.04. The summed E-state index contributed by atoms with van der Waals surface area (Å²) in [6, 6.07) is 5.93. The van der Waals surface area contributed by atoms with Crippen LogP contribution >= 0.6 is 0 Å². The molecule has 0 saturated heterocycles. The predicted octanol–water partition coefficient (Wildman–Crippen LogP) is 1.68.